The summed E-state index contributed by atoms with van der Waals surface area (Å²) < 4.78 is 21.4. The van der Waals surface area contributed by atoms with Crippen molar-refractivity contribution in [3.63, 3.8) is 0 Å². The quantitative estimate of drug-likeness (QED) is 0.641. The number of halogens is 1. The average molecular weight is 382 g/mol. The van der Waals surface area contributed by atoms with Gasteiger partial charge in [-0.1, -0.05) is 0 Å². The smallest absolute Gasteiger partial charge is 0.271 e. The Labute approximate surface area is 160 Å². The molecule has 1 N–H and O–H groups in total. The number of pyridine rings is 1. The molecule has 2 aliphatic rings. The van der Waals surface area contributed by atoms with E-state index in [0.29, 0.717) is 28.6 Å². The molecule has 8 nitrogen and oxygen atoms in total. The molecule has 0 spiro atoms. The molecule has 2 aliphatic heterocycles. The Morgan fingerprint density at radius 3 is 3.07 bits per heavy atom. The van der Waals surface area contributed by atoms with Gasteiger partial charge in [-0.05, 0) is 38.0 Å². The van der Waals surface area contributed by atoms with Gasteiger partial charge in [0.15, 0.2) is 11.3 Å². The van der Waals surface area contributed by atoms with Crippen LogP contribution in [0.1, 0.15) is 41.9 Å². The van der Waals surface area contributed by atoms with Gasteiger partial charge in [-0.2, -0.15) is 0 Å². The Kier molecular flexibility index (Phi) is 3.88. The Bertz CT molecular complexity index is 1070. The summed E-state index contributed by atoms with van der Waals surface area (Å²) in [6, 6.07) is 4.81. The number of nitrogens with zero attached hydrogens (tertiary/aromatic N) is 5. The van der Waals surface area contributed by atoms with Gasteiger partial charge in [0.1, 0.15) is 18.2 Å². The van der Waals surface area contributed by atoms with Crippen molar-refractivity contribution in [2.45, 2.75) is 31.8 Å². The summed E-state index contributed by atoms with van der Waals surface area (Å²) in [5.74, 6) is 0.406. The van der Waals surface area contributed by atoms with Crippen LogP contribution < -0.4 is 15.0 Å². The van der Waals surface area contributed by atoms with Crippen molar-refractivity contribution in [3.05, 3.63) is 47.7 Å². The highest BCUT2D eigenvalue weighted by atomic mass is 19.1. The van der Waals surface area contributed by atoms with E-state index >= 15 is 0 Å². The predicted octanol–water partition coefficient (Wildman–Crippen LogP) is 2.12. The van der Waals surface area contributed by atoms with E-state index in [4.69, 9.17) is 4.74 Å². The van der Waals surface area contributed by atoms with Gasteiger partial charge < -0.3 is 15.0 Å². The largest absolute Gasteiger partial charge is 0.475 e. The summed E-state index contributed by atoms with van der Waals surface area (Å²) in [7, 11) is 0. The predicted molar refractivity (Wildman–Crippen MR) is 98.9 cm³/mol. The number of anilines is 1. The minimum atomic E-state index is -0.403. The number of carbonyl (C=O) groups is 1. The molecule has 2 atom stereocenters. The van der Waals surface area contributed by atoms with Gasteiger partial charge in [-0.15, -0.1) is 5.10 Å². The van der Waals surface area contributed by atoms with Crippen LogP contribution in [0.4, 0.5) is 10.2 Å². The lowest BCUT2D eigenvalue weighted by atomic mass is 10.1. The van der Waals surface area contributed by atoms with E-state index in [1.807, 2.05) is 19.1 Å². The van der Waals surface area contributed by atoms with Gasteiger partial charge in [0, 0.05) is 12.1 Å². The van der Waals surface area contributed by atoms with Crippen molar-refractivity contribution in [2.75, 3.05) is 18.1 Å². The standard InChI is InChI=1S/C19H19FN6O2/c1-11-10-28-19-13(7-12(20)8-22-19)14-3-2-6-25(14)17-5-4-16-21-9-15(18(27)23-11)26(16)24-17/h4-5,7-9,11,14H,2-3,6,10H2,1H3,(H,23,27). The zero-order chi connectivity index (χ0) is 19.3. The summed E-state index contributed by atoms with van der Waals surface area (Å²) in [4.78, 5) is 23.2. The van der Waals surface area contributed by atoms with E-state index in [9.17, 15) is 9.18 Å². The molecule has 5 heterocycles. The Hall–Kier alpha value is -3.23. The van der Waals surface area contributed by atoms with Gasteiger partial charge >= 0.3 is 0 Å². The molecule has 3 aromatic heterocycles. The number of hydrogen-bond acceptors (Lipinski definition) is 6. The molecule has 0 aliphatic carbocycles. The number of hydrogen-bond donors (Lipinski definition) is 1. The first-order valence-corrected chi connectivity index (χ1v) is 9.30. The first-order chi connectivity index (χ1) is 13.6. The van der Waals surface area contributed by atoms with E-state index in [1.54, 1.807) is 4.52 Å². The molecule has 3 aromatic rings. The minimum Gasteiger partial charge on any atom is -0.475 e. The molecule has 2 bridgehead atoms. The lowest BCUT2D eigenvalue weighted by Crippen LogP contribution is -2.37. The van der Waals surface area contributed by atoms with Crippen LogP contribution >= 0.6 is 0 Å². The van der Waals surface area contributed by atoms with Crippen LogP contribution in [-0.2, 0) is 0 Å². The number of amides is 1. The average Bonchev–Trinajstić information content (AvgIpc) is 3.32. The summed E-state index contributed by atoms with van der Waals surface area (Å²) in [5, 5.41) is 7.54. The second kappa shape index (κ2) is 6.43. The Morgan fingerprint density at radius 2 is 2.18 bits per heavy atom. The SMILES string of the molecule is CC1COc2ncc(F)cc2C2CCCN2c2ccc3ncc(n3n2)C(=O)N1. The maximum absolute atomic E-state index is 14.0. The van der Waals surface area contributed by atoms with Crippen LogP contribution in [0, 0.1) is 5.82 Å². The fraction of sp³-hybridized carbons (Fsp3) is 0.368. The first-order valence-electron chi connectivity index (χ1n) is 9.30. The van der Waals surface area contributed by atoms with Gasteiger partial charge in [0.2, 0.25) is 5.88 Å². The molecule has 5 rings (SSSR count). The molecular formula is C19H19FN6O2. The van der Waals surface area contributed by atoms with Crippen molar-refractivity contribution < 1.29 is 13.9 Å². The molecule has 0 saturated carbocycles. The third-order valence-corrected chi connectivity index (χ3v) is 5.18. The second-order valence-electron chi connectivity index (χ2n) is 7.19. The minimum absolute atomic E-state index is 0.102. The highest BCUT2D eigenvalue weighted by Gasteiger charge is 2.31. The van der Waals surface area contributed by atoms with Crippen LogP contribution in [0.3, 0.4) is 0 Å². The molecule has 28 heavy (non-hydrogen) atoms. The molecule has 144 valence electrons. The number of nitrogens with one attached hydrogen (secondary N) is 1. The maximum Gasteiger partial charge on any atom is 0.271 e. The lowest BCUT2D eigenvalue weighted by Gasteiger charge is -2.27. The van der Waals surface area contributed by atoms with E-state index in [1.165, 1.54) is 12.3 Å². The van der Waals surface area contributed by atoms with Crippen molar-refractivity contribution >= 4 is 17.4 Å². The van der Waals surface area contributed by atoms with Crippen LogP contribution in [0.5, 0.6) is 5.88 Å². The second-order valence-corrected chi connectivity index (χ2v) is 7.19. The maximum atomic E-state index is 14.0. The summed E-state index contributed by atoms with van der Waals surface area (Å²) in [6.45, 7) is 2.83. The monoisotopic (exact) mass is 382 g/mol. The van der Waals surface area contributed by atoms with Crippen molar-refractivity contribution in [2.24, 2.45) is 0 Å². The Balaban J connectivity index is 1.69. The number of aromatic nitrogens is 4. The topological polar surface area (TPSA) is 84.7 Å². The van der Waals surface area contributed by atoms with E-state index in [-0.39, 0.29) is 24.6 Å². The van der Waals surface area contributed by atoms with Crippen LogP contribution in [-0.4, -0.2) is 44.7 Å². The van der Waals surface area contributed by atoms with Crippen LogP contribution in [0.25, 0.3) is 5.65 Å². The number of rotatable bonds is 0. The van der Waals surface area contributed by atoms with E-state index in [0.717, 1.165) is 25.6 Å². The fourth-order valence-electron chi connectivity index (χ4n) is 3.88. The summed E-state index contributed by atoms with van der Waals surface area (Å²) in [6.07, 6.45) is 4.45. The van der Waals surface area contributed by atoms with Gasteiger partial charge in [-0.3, -0.25) is 4.79 Å². The van der Waals surface area contributed by atoms with Crippen LogP contribution in [0.2, 0.25) is 0 Å². The van der Waals surface area contributed by atoms with Crippen LogP contribution in [0.15, 0.2) is 30.6 Å². The molecule has 1 saturated heterocycles. The third kappa shape index (κ3) is 2.74. The highest BCUT2D eigenvalue weighted by molar-refractivity contribution is 5.93. The summed E-state index contributed by atoms with van der Waals surface area (Å²) in [5.41, 5.74) is 1.65. The fourth-order valence-corrected chi connectivity index (χ4v) is 3.88. The zero-order valence-corrected chi connectivity index (χ0v) is 15.3. The van der Waals surface area contributed by atoms with Crippen molar-refractivity contribution in [3.8, 4) is 5.88 Å². The zero-order valence-electron chi connectivity index (χ0n) is 15.3. The highest BCUT2D eigenvalue weighted by Crippen LogP contribution is 2.39. The van der Waals surface area contributed by atoms with Crippen molar-refractivity contribution in [1.29, 1.82) is 0 Å². The van der Waals surface area contributed by atoms with E-state index < -0.39 is 5.82 Å². The molecule has 9 heteroatoms. The molecule has 0 aromatic carbocycles. The molecule has 2 unspecified atom stereocenters. The molecule has 1 amide bonds. The van der Waals surface area contributed by atoms with Gasteiger partial charge in [0.05, 0.1) is 24.5 Å². The van der Waals surface area contributed by atoms with Crippen molar-refractivity contribution in [1.82, 2.24) is 24.9 Å². The first kappa shape index (κ1) is 16.9. The molecule has 0 radical (unpaired) electrons. The number of ether oxygens (including phenoxy) is 1. The number of imidazole rings is 1. The third-order valence-electron chi connectivity index (χ3n) is 5.18. The van der Waals surface area contributed by atoms with Gasteiger partial charge in [0.25, 0.3) is 5.91 Å². The summed E-state index contributed by atoms with van der Waals surface area (Å²) >= 11 is 0. The molecule has 1 fully saturated rings. The number of carbonyl (C=O) groups excluding carboxylic acids is 1. The Morgan fingerprint density at radius 1 is 1.29 bits per heavy atom. The van der Waals surface area contributed by atoms with E-state index in [2.05, 4.69) is 25.3 Å². The molecular weight excluding hydrogens is 363 g/mol. The van der Waals surface area contributed by atoms with Gasteiger partial charge in [-0.25, -0.2) is 18.9 Å². The normalized spacial score (nSPS) is 21.9. The lowest BCUT2D eigenvalue weighted by molar-refractivity contribution is 0.0918. The number of fused-ring (bicyclic) bond motifs is 5.